The molecule has 2 aliphatic heterocycles. The highest BCUT2D eigenvalue weighted by Gasteiger charge is 2.22. The second kappa shape index (κ2) is 8.61. The number of hydrogen-bond acceptors (Lipinski definition) is 4. The minimum Gasteiger partial charge on any atom is -0.381 e. The van der Waals surface area contributed by atoms with Crippen LogP contribution in [0.1, 0.15) is 31.2 Å². The number of ether oxygens (including phenoxy) is 2. The molecule has 122 valence electrons. The fraction of sp³-hybridized carbons (Fsp3) is 0.722. The highest BCUT2D eigenvalue weighted by Crippen LogP contribution is 2.18. The zero-order valence-electron chi connectivity index (χ0n) is 13.5. The summed E-state index contributed by atoms with van der Waals surface area (Å²) < 4.78 is 11.5. The van der Waals surface area contributed by atoms with Crippen LogP contribution in [0.4, 0.5) is 0 Å². The SMILES string of the molecule is c1cncc(CCCN2CCC(OCC3CCOC3)CC2)c1. The molecule has 1 atom stereocenters. The average Bonchev–Trinajstić information content (AvgIpc) is 3.09. The second-order valence-electron chi connectivity index (χ2n) is 6.57. The largest absolute Gasteiger partial charge is 0.381 e. The minimum atomic E-state index is 0.468. The lowest BCUT2D eigenvalue weighted by atomic mass is 10.1. The smallest absolute Gasteiger partial charge is 0.0599 e. The molecule has 0 amide bonds. The average molecular weight is 304 g/mol. The van der Waals surface area contributed by atoms with Crippen LogP contribution in [0.15, 0.2) is 24.5 Å². The maximum atomic E-state index is 6.07. The lowest BCUT2D eigenvalue weighted by molar-refractivity contribution is -0.0104. The number of piperidine rings is 1. The molecule has 1 unspecified atom stereocenters. The van der Waals surface area contributed by atoms with E-state index in [0.29, 0.717) is 12.0 Å². The van der Waals surface area contributed by atoms with Gasteiger partial charge in [-0.05, 0) is 50.3 Å². The zero-order valence-corrected chi connectivity index (χ0v) is 13.5. The Morgan fingerprint density at radius 1 is 1.27 bits per heavy atom. The third-order valence-electron chi connectivity index (χ3n) is 4.79. The molecule has 1 aromatic heterocycles. The number of nitrogens with zero attached hydrogens (tertiary/aromatic N) is 2. The third-order valence-corrected chi connectivity index (χ3v) is 4.79. The van der Waals surface area contributed by atoms with E-state index in [1.165, 1.54) is 50.9 Å². The molecule has 4 nitrogen and oxygen atoms in total. The molecule has 0 radical (unpaired) electrons. The number of likely N-dealkylation sites (tertiary alicyclic amines) is 1. The summed E-state index contributed by atoms with van der Waals surface area (Å²) in [6.07, 6.45) is 10.2. The van der Waals surface area contributed by atoms with E-state index in [9.17, 15) is 0 Å². The highest BCUT2D eigenvalue weighted by molar-refractivity contribution is 5.08. The van der Waals surface area contributed by atoms with Crippen molar-refractivity contribution in [2.24, 2.45) is 5.92 Å². The predicted molar refractivity (Wildman–Crippen MR) is 86.9 cm³/mol. The van der Waals surface area contributed by atoms with Crippen LogP contribution in [0.25, 0.3) is 0 Å². The first-order valence-electron chi connectivity index (χ1n) is 8.71. The quantitative estimate of drug-likeness (QED) is 0.775. The fourth-order valence-corrected chi connectivity index (χ4v) is 3.34. The molecule has 0 saturated carbocycles. The van der Waals surface area contributed by atoms with Crippen LogP contribution in [0.3, 0.4) is 0 Å². The van der Waals surface area contributed by atoms with Crippen LogP contribution in [0.2, 0.25) is 0 Å². The number of hydrogen-bond donors (Lipinski definition) is 0. The van der Waals surface area contributed by atoms with Crippen LogP contribution in [-0.2, 0) is 15.9 Å². The summed E-state index contributed by atoms with van der Waals surface area (Å²) >= 11 is 0. The normalized spacial score (nSPS) is 23.9. The van der Waals surface area contributed by atoms with E-state index in [1.807, 2.05) is 18.5 Å². The van der Waals surface area contributed by atoms with E-state index < -0.39 is 0 Å². The lowest BCUT2D eigenvalue weighted by Gasteiger charge is -2.32. The van der Waals surface area contributed by atoms with Gasteiger partial charge in [0.05, 0.1) is 19.3 Å². The van der Waals surface area contributed by atoms with Crippen molar-refractivity contribution < 1.29 is 9.47 Å². The molecular formula is C18H28N2O2. The molecule has 2 fully saturated rings. The van der Waals surface area contributed by atoms with Gasteiger partial charge in [0.1, 0.15) is 0 Å². The van der Waals surface area contributed by atoms with Crippen LogP contribution < -0.4 is 0 Å². The van der Waals surface area contributed by atoms with Gasteiger partial charge in [0.25, 0.3) is 0 Å². The molecule has 1 aromatic rings. The molecule has 2 saturated heterocycles. The first kappa shape index (κ1) is 15.9. The first-order valence-corrected chi connectivity index (χ1v) is 8.71. The van der Waals surface area contributed by atoms with Crippen molar-refractivity contribution in [2.45, 2.75) is 38.2 Å². The van der Waals surface area contributed by atoms with Gasteiger partial charge in [0.15, 0.2) is 0 Å². The van der Waals surface area contributed by atoms with E-state index in [2.05, 4.69) is 16.0 Å². The van der Waals surface area contributed by atoms with E-state index in [-0.39, 0.29) is 0 Å². The molecule has 0 aliphatic carbocycles. The number of aromatic nitrogens is 1. The number of rotatable bonds is 7. The number of pyridine rings is 1. The summed E-state index contributed by atoms with van der Waals surface area (Å²) in [5, 5.41) is 0. The predicted octanol–water partition coefficient (Wildman–Crippen LogP) is 2.53. The minimum absolute atomic E-state index is 0.468. The summed E-state index contributed by atoms with van der Waals surface area (Å²) in [6.45, 7) is 6.26. The van der Waals surface area contributed by atoms with Crippen LogP contribution in [0.5, 0.6) is 0 Å². The van der Waals surface area contributed by atoms with Gasteiger partial charge in [0, 0.05) is 38.0 Å². The molecule has 3 heterocycles. The fourth-order valence-electron chi connectivity index (χ4n) is 3.34. The van der Waals surface area contributed by atoms with Crippen LogP contribution in [-0.4, -0.2) is 55.4 Å². The van der Waals surface area contributed by atoms with Gasteiger partial charge in [-0.1, -0.05) is 6.07 Å². The summed E-state index contributed by atoms with van der Waals surface area (Å²) in [4.78, 5) is 6.75. The standard InChI is InChI=1S/C18H28N2O2/c1-3-16(13-19-8-1)4-2-9-20-10-5-18(6-11-20)22-15-17-7-12-21-14-17/h1,3,8,13,17-18H,2,4-7,9-12,14-15H2. The third kappa shape index (κ3) is 5.04. The Bertz CT molecular complexity index is 412. The van der Waals surface area contributed by atoms with Gasteiger partial charge >= 0.3 is 0 Å². The Morgan fingerprint density at radius 3 is 2.91 bits per heavy atom. The molecule has 4 heteroatoms. The van der Waals surface area contributed by atoms with Crippen LogP contribution >= 0.6 is 0 Å². The zero-order chi connectivity index (χ0) is 15.0. The molecule has 3 rings (SSSR count). The molecule has 0 N–H and O–H groups in total. The Morgan fingerprint density at radius 2 is 2.18 bits per heavy atom. The Balaban J connectivity index is 1.27. The van der Waals surface area contributed by atoms with E-state index in [0.717, 1.165) is 26.2 Å². The van der Waals surface area contributed by atoms with Gasteiger partial charge in [-0.15, -0.1) is 0 Å². The summed E-state index contributed by atoms with van der Waals surface area (Å²) in [6, 6.07) is 4.19. The van der Waals surface area contributed by atoms with Crippen molar-refractivity contribution in [1.82, 2.24) is 9.88 Å². The molecule has 22 heavy (non-hydrogen) atoms. The monoisotopic (exact) mass is 304 g/mol. The van der Waals surface area contributed by atoms with Crippen molar-refractivity contribution in [3.05, 3.63) is 30.1 Å². The Labute approximate surface area is 133 Å². The molecular weight excluding hydrogens is 276 g/mol. The second-order valence-corrected chi connectivity index (χ2v) is 6.57. The molecule has 0 spiro atoms. The van der Waals surface area contributed by atoms with Gasteiger partial charge in [-0.2, -0.15) is 0 Å². The number of aryl methyl sites for hydroxylation is 1. The van der Waals surface area contributed by atoms with Crippen LogP contribution in [0, 0.1) is 5.92 Å². The molecule has 0 aromatic carbocycles. The van der Waals surface area contributed by atoms with Gasteiger partial charge in [-0.3, -0.25) is 4.98 Å². The van der Waals surface area contributed by atoms with E-state index in [4.69, 9.17) is 9.47 Å². The molecule has 2 aliphatic rings. The van der Waals surface area contributed by atoms with E-state index >= 15 is 0 Å². The summed E-state index contributed by atoms with van der Waals surface area (Å²) in [7, 11) is 0. The first-order chi connectivity index (χ1) is 10.9. The maximum absolute atomic E-state index is 6.07. The Kier molecular flexibility index (Phi) is 6.22. The highest BCUT2D eigenvalue weighted by atomic mass is 16.5. The maximum Gasteiger partial charge on any atom is 0.0599 e. The molecule has 0 bridgehead atoms. The van der Waals surface area contributed by atoms with Crippen molar-refractivity contribution >= 4 is 0 Å². The van der Waals surface area contributed by atoms with Gasteiger partial charge in [0.2, 0.25) is 0 Å². The lowest BCUT2D eigenvalue weighted by Crippen LogP contribution is -2.38. The van der Waals surface area contributed by atoms with Gasteiger partial charge in [-0.25, -0.2) is 0 Å². The van der Waals surface area contributed by atoms with E-state index in [1.54, 1.807) is 0 Å². The topological polar surface area (TPSA) is 34.6 Å². The summed E-state index contributed by atoms with van der Waals surface area (Å²) in [5.41, 5.74) is 1.35. The van der Waals surface area contributed by atoms with Crippen molar-refractivity contribution in [3.63, 3.8) is 0 Å². The van der Waals surface area contributed by atoms with Crippen molar-refractivity contribution in [1.29, 1.82) is 0 Å². The summed E-state index contributed by atoms with van der Waals surface area (Å²) in [5.74, 6) is 0.637. The Hall–Kier alpha value is -0.970. The van der Waals surface area contributed by atoms with Crippen molar-refractivity contribution in [3.8, 4) is 0 Å². The van der Waals surface area contributed by atoms with Crippen molar-refractivity contribution in [2.75, 3.05) is 39.5 Å². The van der Waals surface area contributed by atoms with Gasteiger partial charge < -0.3 is 14.4 Å².